The van der Waals surface area contributed by atoms with E-state index in [1.54, 1.807) is 18.2 Å². The highest BCUT2D eigenvalue weighted by molar-refractivity contribution is 14.1. The molecule has 1 aliphatic heterocycles. The summed E-state index contributed by atoms with van der Waals surface area (Å²) in [5.74, 6) is 0.283. The largest absolute Gasteiger partial charge is 0.435 e. The normalized spacial score (nSPS) is 14.4. The Balaban J connectivity index is 0.000000187. The number of alkyl halides is 4. The van der Waals surface area contributed by atoms with Gasteiger partial charge in [0, 0.05) is 23.7 Å². The minimum absolute atomic E-state index is 0.138. The average molecular weight is 734 g/mol. The summed E-state index contributed by atoms with van der Waals surface area (Å²) in [6, 6.07) is 9.48. The number of hydrogen-bond donors (Lipinski definition) is 1. The molecular weight excluding hydrogens is 714 g/mol. The molecule has 0 spiro atoms. The van der Waals surface area contributed by atoms with Crippen LogP contribution in [0.3, 0.4) is 0 Å². The number of hydrogen-bond acceptors (Lipinski definition) is 6. The first-order valence-electron chi connectivity index (χ1n) is 10.7. The van der Waals surface area contributed by atoms with Crippen LogP contribution < -0.4 is 9.47 Å². The average Bonchev–Trinajstić information content (AvgIpc) is 3.37. The fraction of sp³-hybridized carbons (Fsp3) is 0.364. The second kappa shape index (κ2) is 12.6. The molecule has 5 rings (SSSR count). The van der Waals surface area contributed by atoms with Crippen molar-refractivity contribution in [1.29, 1.82) is 0 Å². The highest BCUT2D eigenvalue weighted by Gasteiger charge is 2.16. The van der Waals surface area contributed by atoms with Crippen molar-refractivity contribution in [1.82, 2.24) is 20.0 Å². The van der Waals surface area contributed by atoms with Gasteiger partial charge in [-0.15, -0.1) is 0 Å². The molecule has 1 aliphatic rings. The molecule has 0 radical (unpaired) electrons. The fourth-order valence-electron chi connectivity index (χ4n) is 3.53. The van der Waals surface area contributed by atoms with Crippen molar-refractivity contribution in [3.05, 3.63) is 43.8 Å². The number of nitrogens with zero attached hydrogens (tertiary/aromatic N) is 3. The van der Waals surface area contributed by atoms with E-state index in [-0.39, 0.29) is 17.8 Å². The van der Waals surface area contributed by atoms with Crippen molar-refractivity contribution in [3.63, 3.8) is 0 Å². The van der Waals surface area contributed by atoms with Crippen molar-refractivity contribution in [2.24, 2.45) is 0 Å². The SMILES string of the molecule is FC(F)Oc1ccc2c(c1)c(I)nn2CCC1OCCCO1.FC(F)Oc1ccc2n[nH]c(I)c2c1. The Labute approximate surface area is 229 Å². The van der Waals surface area contributed by atoms with Gasteiger partial charge in [0.25, 0.3) is 0 Å². The minimum Gasteiger partial charge on any atom is -0.435 e. The molecule has 1 saturated heterocycles. The molecule has 0 amide bonds. The first-order valence-corrected chi connectivity index (χ1v) is 12.9. The summed E-state index contributed by atoms with van der Waals surface area (Å²) in [5, 5.41) is 12.7. The van der Waals surface area contributed by atoms with Gasteiger partial charge in [-0.2, -0.15) is 27.8 Å². The predicted molar refractivity (Wildman–Crippen MR) is 139 cm³/mol. The zero-order valence-corrected chi connectivity index (χ0v) is 22.8. The lowest BCUT2D eigenvalue weighted by atomic mass is 10.2. The number of H-pyrrole nitrogens is 1. The number of rotatable bonds is 7. The Kier molecular flexibility index (Phi) is 9.46. The molecule has 0 bridgehead atoms. The van der Waals surface area contributed by atoms with E-state index >= 15 is 0 Å². The van der Waals surface area contributed by atoms with Crippen LogP contribution in [0.15, 0.2) is 36.4 Å². The Hall–Kier alpha value is -1.92. The second-order valence-corrected chi connectivity index (χ2v) is 9.58. The summed E-state index contributed by atoms with van der Waals surface area (Å²) < 4.78 is 71.5. The van der Waals surface area contributed by atoms with Crippen LogP contribution in [-0.4, -0.2) is 52.7 Å². The number of halogens is 6. The van der Waals surface area contributed by atoms with Gasteiger partial charge in [0.15, 0.2) is 6.29 Å². The van der Waals surface area contributed by atoms with Gasteiger partial charge in [-0.25, -0.2) is 0 Å². The van der Waals surface area contributed by atoms with Crippen LogP contribution in [-0.2, 0) is 16.0 Å². The molecular formula is C22H20F4I2N4O4. The van der Waals surface area contributed by atoms with E-state index in [0.717, 1.165) is 48.8 Å². The molecule has 194 valence electrons. The Bertz CT molecular complexity index is 1300. The van der Waals surface area contributed by atoms with Crippen LogP contribution >= 0.6 is 45.2 Å². The molecule has 36 heavy (non-hydrogen) atoms. The first-order chi connectivity index (χ1) is 17.3. The third-order valence-corrected chi connectivity index (χ3v) is 6.70. The maximum atomic E-state index is 12.3. The molecule has 0 atom stereocenters. The summed E-state index contributed by atoms with van der Waals surface area (Å²) in [6.07, 6.45) is 1.42. The Morgan fingerprint density at radius 2 is 1.61 bits per heavy atom. The number of ether oxygens (including phenoxy) is 4. The lowest BCUT2D eigenvalue weighted by Crippen LogP contribution is -2.26. The van der Waals surface area contributed by atoms with Crippen LogP contribution in [0.4, 0.5) is 17.6 Å². The van der Waals surface area contributed by atoms with Gasteiger partial charge in [-0.05, 0) is 88.0 Å². The van der Waals surface area contributed by atoms with E-state index in [0.29, 0.717) is 13.0 Å². The Morgan fingerprint density at radius 3 is 2.28 bits per heavy atom. The maximum absolute atomic E-state index is 12.3. The number of nitrogens with one attached hydrogen (secondary N) is 1. The van der Waals surface area contributed by atoms with Crippen molar-refractivity contribution < 1.29 is 36.5 Å². The minimum atomic E-state index is -2.83. The van der Waals surface area contributed by atoms with Crippen molar-refractivity contribution in [3.8, 4) is 11.5 Å². The zero-order valence-electron chi connectivity index (χ0n) is 18.5. The van der Waals surface area contributed by atoms with Crippen molar-refractivity contribution in [2.45, 2.75) is 38.9 Å². The van der Waals surface area contributed by atoms with Crippen molar-refractivity contribution in [2.75, 3.05) is 13.2 Å². The van der Waals surface area contributed by atoms with Crippen LogP contribution in [0.2, 0.25) is 0 Å². The highest BCUT2D eigenvalue weighted by Crippen LogP contribution is 2.27. The van der Waals surface area contributed by atoms with Crippen LogP contribution in [0.5, 0.6) is 11.5 Å². The quantitative estimate of drug-likeness (QED) is 0.181. The number of aryl methyl sites for hydroxylation is 1. The topological polar surface area (TPSA) is 83.4 Å². The van der Waals surface area contributed by atoms with Gasteiger partial charge in [-0.3, -0.25) is 9.78 Å². The Morgan fingerprint density at radius 1 is 0.972 bits per heavy atom. The third kappa shape index (κ3) is 7.10. The summed E-state index contributed by atoms with van der Waals surface area (Å²) in [5.41, 5.74) is 1.61. The van der Waals surface area contributed by atoms with Gasteiger partial charge < -0.3 is 18.9 Å². The lowest BCUT2D eigenvalue weighted by molar-refractivity contribution is -0.182. The lowest BCUT2D eigenvalue weighted by Gasteiger charge is -2.23. The molecule has 3 heterocycles. The molecule has 1 N–H and O–H groups in total. The summed E-state index contributed by atoms with van der Waals surface area (Å²) in [4.78, 5) is 0. The van der Waals surface area contributed by atoms with Crippen molar-refractivity contribution >= 4 is 67.0 Å². The van der Waals surface area contributed by atoms with E-state index in [4.69, 9.17) is 9.47 Å². The maximum Gasteiger partial charge on any atom is 0.387 e. The van der Waals surface area contributed by atoms with Gasteiger partial charge >= 0.3 is 13.2 Å². The molecule has 0 unspecified atom stereocenters. The number of benzene rings is 2. The van der Waals surface area contributed by atoms with Gasteiger partial charge in [0.2, 0.25) is 0 Å². The van der Waals surface area contributed by atoms with Crippen LogP contribution in [0, 0.1) is 7.40 Å². The molecule has 2 aromatic carbocycles. The number of fused-ring (bicyclic) bond motifs is 2. The fourth-order valence-corrected chi connectivity index (χ4v) is 4.78. The number of aromatic nitrogens is 4. The van der Waals surface area contributed by atoms with E-state index in [2.05, 4.69) is 47.4 Å². The molecule has 0 saturated carbocycles. The summed E-state index contributed by atoms with van der Waals surface area (Å²) >= 11 is 4.13. The molecule has 4 aromatic rings. The predicted octanol–water partition coefficient (Wildman–Crippen LogP) is 6.16. The van der Waals surface area contributed by atoms with Crippen LogP contribution in [0.25, 0.3) is 21.8 Å². The number of aromatic amines is 1. The molecule has 8 nitrogen and oxygen atoms in total. The van der Waals surface area contributed by atoms with Crippen LogP contribution in [0.1, 0.15) is 12.8 Å². The van der Waals surface area contributed by atoms with E-state index < -0.39 is 13.2 Å². The smallest absolute Gasteiger partial charge is 0.387 e. The van der Waals surface area contributed by atoms with Gasteiger partial charge in [-0.1, -0.05) is 0 Å². The van der Waals surface area contributed by atoms with E-state index in [1.165, 1.54) is 18.2 Å². The standard InChI is InChI=1S/C14H15F2IN2O3.C8H5F2IN2O/c15-14(16)22-9-2-3-11-10(8-9)13(17)18-19(11)5-4-12-20-6-1-7-21-12;9-8(10)14-4-1-2-6-5(3-4)7(11)13-12-6/h2-3,8,12,14H,1,4-7H2;1-3,8H,(H,12,13). The molecule has 0 aliphatic carbocycles. The molecule has 1 fully saturated rings. The zero-order chi connectivity index (χ0) is 25.7. The van der Waals surface area contributed by atoms with Gasteiger partial charge in [0.05, 0.1) is 24.2 Å². The first kappa shape index (κ1) is 27.1. The highest BCUT2D eigenvalue weighted by atomic mass is 127. The van der Waals surface area contributed by atoms with E-state index in [9.17, 15) is 17.6 Å². The monoisotopic (exact) mass is 734 g/mol. The molecule has 2 aromatic heterocycles. The third-order valence-electron chi connectivity index (χ3n) is 5.08. The van der Waals surface area contributed by atoms with E-state index in [1.807, 2.05) is 27.3 Å². The van der Waals surface area contributed by atoms with Gasteiger partial charge in [0.1, 0.15) is 18.9 Å². The summed E-state index contributed by atoms with van der Waals surface area (Å²) in [7, 11) is 0. The molecule has 14 heteroatoms. The summed E-state index contributed by atoms with van der Waals surface area (Å²) in [6.45, 7) is -3.55. The second-order valence-electron chi connectivity index (χ2n) is 7.48.